The van der Waals surface area contributed by atoms with Gasteiger partial charge in [-0.15, -0.1) is 0 Å². The summed E-state index contributed by atoms with van der Waals surface area (Å²) < 4.78 is 29.1. The van der Waals surface area contributed by atoms with E-state index in [9.17, 15) is 19.8 Å². The summed E-state index contributed by atoms with van der Waals surface area (Å²) in [6.45, 7) is 6.94. The summed E-state index contributed by atoms with van der Waals surface area (Å²) in [5, 5.41) is 21.6. The molecule has 0 unspecified atom stereocenters. The maximum Gasteiger partial charge on any atom is 0.339 e. The highest BCUT2D eigenvalue weighted by Gasteiger charge is 2.80. The number of carbonyl (C=O) groups is 2. The smallest absolute Gasteiger partial charge is 0.339 e. The van der Waals surface area contributed by atoms with Crippen LogP contribution in [0.3, 0.4) is 0 Å². The molecule has 8 atom stereocenters. The van der Waals surface area contributed by atoms with Gasteiger partial charge in [0.15, 0.2) is 22.8 Å². The number of ether oxygens (including phenoxy) is 2. The Labute approximate surface area is 175 Å². The number of aliphatic hydroxyl groups is 1. The van der Waals surface area contributed by atoms with Crippen molar-refractivity contribution in [2.75, 3.05) is 0 Å². The van der Waals surface area contributed by atoms with Crippen LogP contribution in [-0.4, -0.2) is 51.2 Å². The molecule has 0 aromatic carbocycles. The molecule has 0 bridgehead atoms. The van der Waals surface area contributed by atoms with Gasteiger partial charge < -0.3 is 19.7 Å². The van der Waals surface area contributed by atoms with Crippen LogP contribution >= 0.6 is 0 Å². The van der Waals surface area contributed by atoms with Gasteiger partial charge in [0.2, 0.25) is 0 Å². The van der Waals surface area contributed by atoms with Crippen LogP contribution in [-0.2, 0) is 19.1 Å². The predicted molar refractivity (Wildman–Crippen MR) is 104 cm³/mol. The van der Waals surface area contributed by atoms with Crippen molar-refractivity contribution >= 4 is 11.8 Å². The number of rotatable bonds is 1. The van der Waals surface area contributed by atoms with Crippen molar-refractivity contribution in [3.05, 3.63) is 23.8 Å². The molecule has 30 heavy (non-hydrogen) atoms. The number of fused-ring (bicyclic) bond motifs is 7. The molecule has 1 heterocycles. The van der Waals surface area contributed by atoms with E-state index in [-0.39, 0.29) is 18.1 Å². The van der Waals surface area contributed by atoms with E-state index < -0.39 is 52.0 Å². The summed E-state index contributed by atoms with van der Waals surface area (Å²) in [4.78, 5) is 24.5. The molecule has 4 fully saturated rings. The number of carboxylic acid groups (broad SMARTS) is 1. The van der Waals surface area contributed by atoms with Gasteiger partial charge in [0.05, 0.1) is 6.10 Å². The van der Waals surface area contributed by atoms with Gasteiger partial charge in [0.1, 0.15) is 6.10 Å². The molecule has 7 heteroatoms. The van der Waals surface area contributed by atoms with E-state index in [1.165, 1.54) is 12.2 Å². The van der Waals surface area contributed by atoms with Crippen LogP contribution in [0.5, 0.6) is 0 Å². The van der Waals surface area contributed by atoms with Gasteiger partial charge in [-0.25, -0.2) is 9.18 Å². The summed E-state index contributed by atoms with van der Waals surface area (Å²) >= 11 is 0. The average molecular weight is 420 g/mol. The first-order valence-corrected chi connectivity index (χ1v) is 10.7. The second-order valence-electron chi connectivity index (χ2n) is 10.6. The monoisotopic (exact) mass is 420 g/mol. The minimum absolute atomic E-state index is 0.0441. The number of allylic oxidation sites excluding steroid dienone is 4. The van der Waals surface area contributed by atoms with Gasteiger partial charge in [-0.2, -0.15) is 0 Å². The zero-order chi connectivity index (χ0) is 21.9. The summed E-state index contributed by atoms with van der Waals surface area (Å²) in [5.74, 6) is -3.24. The summed E-state index contributed by atoms with van der Waals surface area (Å²) in [5.41, 5.74) is -5.00. The Morgan fingerprint density at radius 2 is 1.93 bits per heavy atom. The molecule has 5 aliphatic rings. The third-order valence-corrected chi connectivity index (χ3v) is 8.95. The number of hydrogen-bond donors (Lipinski definition) is 2. The van der Waals surface area contributed by atoms with Crippen molar-refractivity contribution in [1.29, 1.82) is 0 Å². The van der Waals surface area contributed by atoms with Crippen LogP contribution in [0.15, 0.2) is 23.8 Å². The second kappa shape index (κ2) is 5.61. The van der Waals surface area contributed by atoms with E-state index in [4.69, 9.17) is 9.47 Å². The zero-order valence-corrected chi connectivity index (χ0v) is 17.8. The Morgan fingerprint density at radius 3 is 2.60 bits per heavy atom. The Morgan fingerprint density at radius 1 is 1.23 bits per heavy atom. The van der Waals surface area contributed by atoms with Gasteiger partial charge in [0.25, 0.3) is 0 Å². The van der Waals surface area contributed by atoms with Crippen molar-refractivity contribution in [2.24, 2.45) is 22.7 Å². The van der Waals surface area contributed by atoms with Crippen molar-refractivity contribution in [2.45, 2.75) is 82.6 Å². The van der Waals surface area contributed by atoms with Gasteiger partial charge >= 0.3 is 5.97 Å². The molecule has 0 aromatic rings. The number of halogens is 1. The molecule has 164 valence electrons. The first kappa shape index (κ1) is 20.3. The van der Waals surface area contributed by atoms with Crippen LogP contribution in [0.25, 0.3) is 0 Å². The van der Waals surface area contributed by atoms with Crippen LogP contribution in [0.2, 0.25) is 0 Å². The lowest BCUT2D eigenvalue weighted by Crippen LogP contribution is -2.69. The Bertz CT molecular complexity index is 909. The molecule has 0 radical (unpaired) electrons. The summed E-state index contributed by atoms with van der Waals surface area (Å²) in [6, 6.07) is 0. The van der Waals surface area contributed by atoms with Gasteiger partial charge in [-0.1, -0.05) is 18.6 Å². The van der Waals surface area contributed by atoms with Gasteiger partial charge in [-0.05, 0) is 64.5 Å². The molecule has 0 amide bonds. The highest BCUT2D eigenvalue weighted by molar-refractivity contribution is 6.01. The zero-order valence-electron chi connectivity index (χ0n) is 17.8. The summed E-state index contributed by atoms with van der Waals surface area (Å²) in [7, 11) is 0. The standard InChI is InChI=1S/C23H29FO6/c1-19(2)29-17-10-15-14-6-5-12-9-13(25)7-8-20(12,3)22(14,24)16(26)11-21(15,4)23(17,30-19)18(27)28/h7-9,14-17,26H,5-6,10-11H2,1-4H3,(H,27,28)/t14-,15-,16+,17-,20+,21+,22-,23-/m1/s1. The maximum atomic E-state index is 17.0. The highest BCUT2D eigenvalue weighted by Crippen LogP contribution is 2.72. The van der Waals surface area contributed by atoms with E-state index in [1.807, 2.05) is 6.92 Å². The summed E-state index contributed by atoms with van der Waals surface area (Å²) in [6.07, 6.45) is 3.69. The normalized spacial score (nSPS) is 53.4. The number of aliphatic carboxylic acids is 1. The number of carbonyl (C=O) groups excluding carboxylic acids is 1. The topological polar surface area (TPSA) is 93.1 Å². The molecular formula is C23H29FO6. The van der Waals surface area contributed by atoms with Gasteiger partial charge in [-0.3, -0.25) is 4.79 Å². The minimum Gasteiger partial charge on any atom is -0.479 e. The molecule has 0 aromatic heterocycles. The van der Waals surface area contributed by atoms with Crippen molar-refractivity contribution in [3.63, 3.8) is 0 Å². The van der Waals surface area contributed by atoms with E-state index in [1.54, 1.807) is 26.8 Å². The molecule has 2 N–H and O–H groups in total. The Balaban J connectivity index is 1.64. The molecule has 5 rings (SSSR count). The molecule has 6 nitrogen and oxygen atoms in total. The number of carboxylic acids is 1. The fourth-order valence-electron chi connectivity index (χ4n) is 7.68. The predicted octanol–water partition coefficient (Wildman–Crippen LogP) is 2.94. The Hall–Kier alpha value is -1.57. The second-order valence-corrected chi connectivity index (χ2v) is 10.6. The number of ketones is 1. The molecule has 0 spiro atoms. The van der Waals surface area contributed by atoms with E-state index >= 15 is 4.39 Å². The van der Waals surface area contributed by atoms with E-state index in [0.29, 0.717) is 24.8 Å². The van der Waals surface area contributed by atoms with Crippen molar-refractivity contribution < 1.29 is 33.7 Å². The first-order chi connectivity index (χ1) is 13.8. The van der Waals surface area contributed by atoms with Crippen LogP contribution in [0.1, 0.15) is 53.4 Å². The number of alkyl halides is 1. The quantitative estimate of drug-likeness (QED) is 0.678. The lowest BCUT2D eigenvalue weighted by atomic mass is 9.45. The fourth-order valence-corrected chi connectivity index (χ4v) is 7.68. The average Bonchev–Trinajstić information content (AvgIpc) is 3.04. The highest BCUT2D eigenvalue weighted by atomic mass is 19.1. The maximum absolute atomic E-state index is 17.0. The van der Waals surface area contributed by atoms with Crippen molar-refractivity contribution in [1.82, 2.24) is 0 Å². The lowest BCUT2D eigenvalue weighted by Gasteiger charge is -2.62. The largest absolute Gasteiger partial charge is 0.479 e. The van der Waals surface area contributed by atoms with Crippen LogP contribution in [0.4, 0.5) is 4.39 Å². The van der Waals surface area contributed by atoms with Crippen LogP contribution < -0.4 is 0 Å². The molecule has 4 aliphatic carbocycles. The first-order valence-electron chi connectivity index (χ1n) is 10.7. The van der Waals surface area contributed by atoms with E-state index in [0.717, 1.165) is 0 Å². The third kappa shape index (κ3) is 2.04. The molecule has 1 saturated heterocycles. The van der Waals surface area contributed by atoms with E-state index in [2.05, 4.69) is 0 Å². The molecular weight excluding hydrogens is 391 g/mol. The van der Waals surface area contributed by atoms with Crippen LogP contribution in [0, 0.1) is 22.7 Å². The van der Waals surface area contributed by atoms with Crippen molar-refractivity contribution in [3.8, 4) is 0 Å². The fraction of sp³-hybridized carbons (Fsp3) is 0.739. The number of hydrogen-bond acceptors (Lipinski definition) is 5. The molecule has 3 saturated carbocycles. The number of aliphatic hydroxyl groups excluding tert-OH is 1. The Kier molecular flexibility index (Phi) is 3.81. The van der Waals surface area contributed by atoms with Gasteiger partial charge in [0, 0.05) is 16.7 Å². The minimum atomic E-state index is -1.99. The third-order valence-electron chi connectivity index (χ3n) is 8.95. The molecule has 1 aliphatic heterocycles. The SMILES string of the molecule is CC1(C)O[C@@H]2C[C@@H]3[C@H]4CCC5=CC(=O)C=C[C@]5(C)[C@]4(F)[C@@H](O)C[C@]3(C)[C@@]2(C(=O)O)O1. The lowest BCUT2D eigenvalue weighted by molar-refractivity contribution is -0.251.